The van der Waals surface area contributed by atoms with Gasteiger partial charge in [-0.05, 0) is 44.6 Å². The van der Waals surface area contributed by atoms with Crippen LogP contribution >= 0.6 is 0 Å². The Morgan fingerprint density at radius 3 is 2.24 bits per heavy atom. The zero-order chi connectivity index (χ0) is 11.9. The summed E-state index contributed by atoms with van der Waals surface area (Å²) in [4.78, 5) is 8.11. The number of nitrogens with zero attached hydrogens (tertiary/aromatic N) is 2. The third-order valence-corrected chi connectivity index (χ3v) is 4.84. The fourth-order valence-corrected chi connectivity index (χ4v) is 3.48. The Labute approximate surface area is 99.5 Å². The molecule has 91 valence electrons. The van der Waals surface area contributed by atoms with E-state index in [9.17, 15) is 8.78 Å². The van der Waals surface area contributed by atoms with Gasteiger partial charge in [0.2, 0.25) is 6.43 Å². The summed E-state index contributed by atoms with van der Waals surface area (Å²) >= 11 is 0. The van der Waals surface area contributed by atoms with Crippen molar-refractivity contribution in [1.29, 1.82) is 0 Å². The molecule has 1 aromatic rings. The Morgan fingerprint density at radius 1 is 1.12 bits per heavy atom. The standard InChI is InChI=1S/C13H15F2N2/c14-11(15)13-5-2-12(3-6-13,4-7-13)10-1-8-16-9-17-10/h1,9,11H,2-7H2. The van der Waals surface area contributed by atoms with Crippen molar-refractivity contribution in [2.75, 3.05) is 0 Å². The van der Waals surface area contributed by atoms with Gasteiger partial charge in [0, 0.05) is 10.8 Å². The Balaban J connectivity index is 1.87. The summed E-state index contributed by atoms with van der Waals surface area (Å²) in [6, 6.07) is 1.82. The number of hydrogen-bond acceptors (Lipinski definition) is 2. The van der Waals surface area contributed by atoms with Crippen molar-refractivity contribution in [1.82, 2.24) is 9.97 Å². The summed E-state index contributed by atoms with van der Waals surface area (Å²) in [5, 5.41) is 0. The lowest BCUT2D eigenvalue weighted by molar-refractivity contribution is -0.0852. The van der Waals surface area contributed by atoms with Crippen molar-refractivity contribution in [2.45, 2.75) is 50.4 Å². The quantitative estimate of drug-likeness (QED) is 0.789. The minimum Gasteiger partial charge on any atom is -0.241 e. The van der Waals surface area contributed by atoms with Crippen molar-refractivity contribution < 1.29 is 8.78 Å². The fraction of sp³-hybridized carbons (Fsp3) is 0.692. The number of fused-ring (bicyclic) bond motifs is 3. The van der Waals surface area contributed by atoms with Gasteiger partial charge >= 0.3 is 0 Å². The summed E-state index contributed by atoms with van der Waals surface area (Å²) in [7, 11) is 0. The first-order valence-corrected chi connectivity index (χ1v) is 6.14. The minimum atomic E-state index is -2.17. The SMILES string of the molecule is FC(F)C12CCC(c3c[c]ncn3)(CC1)CC2. The van der Waals surface area contributed by atoms with E-state index in [1.54, 1.807) is 0 Å². The molecule has 1 radical (unpaired) electrons. The maximum atomic E-state index is 13.1. The van der Waals surface area contributed by atoms with Gasteiger partial charge in [-0.25, -0.2) is 18.7 Å². The monoisotopic (exact) mass is 237 g/mol. The van der Waals surface area contributed by atoms with E-state index in [1.807, 2.05) is 6.07 Å². The van der Waals surface area contributed by atoms with Gasteiger partial charge in [-0.3, -0.25) is 0 Å². The molecule has 3 saturated carbocycles. The molecular weight excluding hydrogens is 222 g/mol. The lowest BCUT2D eigenvalue weighted by Gasteiger charge is -2.52. The summed E-state index contributed by atoms with van der Waals surface area (Å²) in [5.41, 5.74) is 0.323. The molecule has 1 heterocycles. The van der Waals surface area contributed by atoms with Crippen LogP contribution in [0.3, 0.4) is 0 Å². The Hall–Kier alpha value is -1.06. The van der Waals surface area contributed by atoms with Crippen LogP contribution in [0.4, 0.5) is 8.78 Å². The van der Waals surface area contributed by atoms with Gasteiger partial charge in [-0.15, -0.1) is 0 Å². The third kappa shape index (κ3) is 1.57. The molecule has 2 nitrogen and oxygen atoms in total. The second-order valence-electron chi connectivity index (χ2n) is 5.48. The van der Waals surface area contributed by atoms with Crippen LogP contribution in [0.5, 0.6) is 0 Å². The van der Waals surface area contributed by atoms with Crippen LogP contribution in [0.15, 0.2) is 12.4 Å². The predicted molar refractivity (Wildman–Crippen MR) is 58.7 cm³/mol. The first kappa shape index (κ1) is 11.1. The molecule has 4 rings (SSSR count). The largest absolute Gasteiger partial charge is 0.244 e. The summed E-state index contributed by atoms with van der Waals surface area (Å²) in [5.74, 6) is 0. The minimum absolute atomic E-state index is 0.0239. The highest BCUT2D eigenvalue weighted by molar-refractivity contribution is 5.20. The van der Waals surface area contributed by atoms with E-state index in [0.717, 1.165) is 25.0 Å². The van der Waals surface area contributed by atoms with Crippen molar-refractivity contribution in [3.63, 3.8) is 0 Å². The molecule has 17 heavy (non-hydrogen) atoms. The molecule has 2 bridgehead atoms. The number of aromatic nitrogens is 2. The molecule has 0 aliphatic heterocycles. The van der Waals surface area contributed by atoms with E-state index in [1.165, 1.54) is 6.33 Å². The zero-order valence-electron chi connectivity index (χ0n) is 9.63. The highest BCUT2D eigenvalue weighted by Gasteiger charge is 2.53. The molecule has 3 aliphatic carbocycles. The Bertz CT molecular complexity index is 381. The maximum Gasteiger partial charge on any atom is 0.244 e. The molecular formula is C13H15F2N2. The van der Waals surface area contributed by atoms with Crippen LogP contribution in [-0.2, 0) is 5.41 Å². The second-order valence-corrected chi connectivity index (χ2v) is 5.48. The van der Waals surface area contributed by atoms with Gasteiger partial charge in [0.05, 0.1) is 11.9 Å². The maximum absolute atomic E-state index is 13.1. The molecule has 0 N–H and O–H groups in total. The lowest BCUT2D eigenvalue weighted by Crippen LogP contribution is -2.47. The normalized spacial score (nSPS) is 36.4. The number of alkyl halides is 2. The van der Waals surface area contributed by atoms with Crippen LogP contribution in [0, 0.1) is 11.6 Å². The van der Waals surface area contributed by atoms with E-state index in [0.29, 0.717) is 19.3 Å². The number of rotatable bonds is 2. The molecule has 0 spiro atoms. The molecule has 3 fully saturated rings. The van der Waals surface area contributed by atoms with E-state index < -0.39 is 11.8 Å². The topological polar surface area (TPSA) is 25.8 Å². The van der Waals surface area contributed by atoms with E-state index >= 15 is 0 Å². The molecule has 0 unspecified atom stereocenters. The molecule has 1 aromatic heterocycles. The summed E-state index contributed by atoms with van der Waals surface area (Å²) < 4.78 is 26.2. The van der Waals surface area contributed by atoms with Crippen molar-refractivity contribution >= 4 is 0 Å². The lowest BCUT2D eigenvalue weighted by atomic mass is 9.53. The number of hydrogen-bond donors (Lipinski definition) is 0. The summed E-state index contributed by atoms with van der Waals surface area (Å²) in [6.45, 7) is 0. The van der Waals surface area contributed by atoms with Gasteiger partial charge < -0.3 is 0 Å². The average Bonchev–Trinajstić information content (AvgIpc) is 2.42. The fourth-order valence-electron chi connectivity index (χ4n) is 3.48. The first-order chi connectivity index (χ1) is 8.17. The van der Waals surface area contributed by atoms with Gasteiger partial charge in [-0.1, -0.05) is 0 Å². The van der Waals surface area contributed by atoms with Gasteiger partial charge in [0.1, 0.15) is 6.33 Å². The van der Waals surface area contributed by atoms with Gasteiger partial charge in [0.15, 0.2) is 0 Å². The Kier molecular flexibility index (Phi) is 2.42. The van der Waals surface area contributed by atoms with Crippen LogP contribution in [0.25, 0.3) is 0 Å². The third-order valence-electron chi connectivity index (χ3n) is 4.84. The molecule has 0 amide bonds. The zero-order valence-corrected chi connectivity index (χ0v) is 9.63. The first-order valence-electron chi connectivity index (χ1n) is 6.14. The molecule has 0 aromatic carbocycles. The average molecular weight is 237 g/mol. The highest BCUT2D eigenvalue weighted by Crippen LogP contribution is 2.59. The molecule has 0 saturated heterocycles. The van der Waals surface area contributed by atoms with Gasteiger partial charge in [-0.2, -0.15) is 0 Å². The molecule has 4 heteroatoms. The molecule has 0 atom stereocenters. The van der Waals surface area contributed by atoms with E-state index in [4.69, 9.17) is 0 Å². The van der Waals surface area contributed by atoms with Gasteiger partial charge in [0.25, 0.3) is 0 Å². The highest BCUT2D eigenvalue weighted by atomic mass is 19.3. The van der Waals surface area contributed by atoms with Crippen molar-refractivity contribution in [2.24, 2.45) is 5.41 Å². The van der Waals surface area contributed by atoms with Crippen LogP contribution in [0.2, 0.25) is 0 Å². The van der Waals surface area contributed by atoms with E-state index in [2.05, 4.69) is 16.2 Å². The number of halogens is 2. The molecule has 3 aliphatic rings. The van der Waals surface area contributed by atoms with Crippen LogP contribution < -0.4 is 0 Å². The van der Waals surface area contributed by atoms with Crippen molar-refractivity contribution in [3.05, 3.63) is 24.3 Å². The smallest absolute Gasteiger partial charge is 0.241 e. The predicted octanol–water partition coefficient (Wildman–Crippen LogP) is 3.13. The van der Waals surface area contributed by atoms with E-state index in [-0.39, 0.29) is 5.41 Å². The summed E-state index contributed by atoms with van der Waals surface area (Å²) in [6.07, 6.45) is 6.55. The van der Waals surface area contributed by atoms with Crippen LogP contribution in [-0.4, -0.2) is 16.4 Å². The second kappa shape index (κ2) is 3.72. The Morgan fingerprint density at radius 2 is 1.76 bits per heavy atom. The van der Waals surface area contributed by atoms with Crippen molar-refractivity contribution in [3.8, 4) is 0 Å². The van der Waals surface area contributed by atoms with Crippen LogP contribution in [0.1, 0.15) is 44.2 Å².